The monoisotopic (exact) mass is 346 g/mol. The minimum atomic E-state index is -0.252. The Labute approximate surface area is 148 Å². The Kier molecular flexibility index (Phi) is 4.78. The summed E-state index contributed by atoms with van der Waals surface area (Å²) in [5.41, 5.74) is 0.929. The Balaban J connectivity index is 1.44. The molecule has 1 saturated carbocycles. The fraction of sp³-hybridized carbons (Fsp3) is 0.650. The van der Waals surface area contributed by atoms with Crippen molar-refractivity contribution in [2.75, 3.05) is 13.1 Å². The maximum atomic E-state index is 13.2. The smallest absolute Gasteiger partial charge is 0.239 e. The normalized spacial score (nSPS) is 35.4. The third-order valence-electron chi connectivity index (χ3n) is 5.97. The molecule has 1 aromatic carbocycles. The summed E-state index contributed by atoms with van der Waals surface area (Å²) in [5, 5.41) is 3.59. The molecule has 1 aliphatic carbocycles. The van der Waals surface area contributed by atoms with Crippen LogP contribution in [0, 0.1) is 11.7 Å². The van der Waals surface area contributed by atoms with Gasteiger partial charge in [0, 0.05) is 12.6 Å². The lowest BCUT2D eigenvalue weighted by Crippen LogP contribution is -2.52. The van der Waals surface area contributed by atoms with Crippen LogP contribution in [0.15, 0.2) is 24.3 Å². The van der Waals surface area contributed by atoms with Crippen LogP contribution in [0.2, 0.25) is 0 Å². The summed E-state index contributed by atoms with van der Waals surface area (Å²) < 4.78 is 19.2. The van der Waals surface area contributed by atoms with E-state index in [0.717, 1.165) is 12.0 Å². The van der Waals surface area contributed by atoms with E-state index in [4.69, 9.17) is 4.74 Å². The molecule has 4 rings (SSSR count). The van der Waals surface area contributed by atoms with Crippen LogP contribution < -0.4 is 5.32 Å². The van der Waals surface area contributed by atoms with Crippen LogP contribution >= 0.6 is 0 Å². The van der Waals surface area contributed by atoms with Gasteiger partial charge in [0.1, 0.15) is 11.9 Å². The lowest BCUT2D eigenvalue weighted by atomic mass is 9.85. The molecule has 1 amide bonds. The maximum Gasteiger partial charge on any atom is 0.239 e. The second-order valence-corrected chi connectivity index (χ2v) is 7.84. The van der Waals surface area contributed by atoms with Crippen molar-refractivity contribution in [1.29, 1.82) is 0 Å². The van der Waals surface area contributed by atoms with Gasteiger partial charge in [-0.2, -0.15) is 0 Å². The number of nitrogens with zero attached hydrogens (tertiary/aromatic N) is 1. The Hall–Kier alpha value is -1.46. The molecule has 25 heavy (non-hydrogen) atoms. The number of morpholine rings is 1. The fourth-order valence-corrected chi connectivity index (χ4v) is 4.72. The van der Waals surface area contributed by atoms with E-state index < -0.39 is 0 Å². The molecular weight excluding hydrogens is 319 g/mol. The van der Waals surface area contributed by atoms with Gasteiger partial charge in [-0.3, -0.25) is 4.79 Å². The number of benzene rings is 1. The second kappa shape index (κ2) is 7.04. The molecule has 3 fully saturated rings. The van der Waals surface area contributed by atoms with E-state index in [2.05, 4.69) is 5.32 Å². The molecule has 0 aromatic heterocycles. The topological polar surface area (TPSA) is 41.6 Å². The van der Waals surface area contributed by atoms with Crippen molar-refractivity contribution in [1.82, 2.24) is 10.2 Å². The third kappa shape index (κ3) is 3.58. The second-order valence-electron chi connectivity index (χ2n) is 7.84. The largest absolute Gasteiger partial charge is 0.367 e. The van der Waals surface area contributed by atoms with Gasteiger partial charge in [-0.15, -0.1) is 0 Å². The minimum absolute atomic E-state index is 0.0172. The number of hydrogen-bond donors (Lipinski definition) is 1. The van der Waals surface area contributed by atoms with E-state index in [-0.39, 0.29) is 30.0 Å². The summed E-state index contributed by atoms with van der Waals surface area (Å²) in [4.78, 5) is 15.0. The van der Waals surface area contributed by atoms with Crippen LogP contribution in [0.1, 0.15) is 50.7 Å². The molecular formula is C20H27FN2O2. The number of rotatable bonds is 2. The fourth-order valence-electron chi connectivity index (χ4n) is 4.72. The van der Waals surface area contributed by atoms with Gasteiger partial charge in [-0.1, -0.05) is 25.0 Å². The molecule has 0 bridgehead atoms. The van der Waals surface area contributed by atoms with Crippen molar-refractivity contribution in [3.8, 4) is 0 Å². The van der Waals surface area contributed by atoms with Gasteiger partial charge in [-0.05, 0) is 49.8 Å². The lowest BCUT2D eigenvalue weighted by molar-refractivity contribution is -0.146. The van der Waals surface area contributed by atoms with Gasteiger partial charge < -0.3 is 15.0 Å². The molecule has 5 heteroatoms. The zero-order chi connectivity index (χ0) is 17.4. The van der Waals surface area contributed by atoms with E-state index >= 15 is 0 Å². The number of ether oxygens (including phenoxy) is 1. The molecule has 1 N–H and O–H groups in total. The SMILES string of the molecule is CC1CN(C(=O)C2CC3CCCCC3N2)CC(c2ccc(F)cc2)O1. The van der Waals surface area contributed by atoms with Crippen molar-refractivity contribution < 1.29 is 13.9 Å². The molecule has 4 nitrogen and oxygen atoms in total. The van der Waals surface area contributed by atoms with Crippen LogP contribution in [0.25, 0.3) is 0 Å². The highest BCUT2D eigenvalue weighted by Gasteiger charge is 2.41. The van der Waals surface area contributed by atoms with Crippen molar-refractivity contribution in [2.24, 2.45) is 5.92 Å². The minimum Gasteiger partial charge on any atom is -0.367 e. The summed E-state index contributed by atoms with van der Waals surface area (Å²) >= 11 is 0. The number of halogens is 1. The number of hydrogen-bond acceptors (Lipinski definition) is 3. The first kappa shape index (κ1) is 17.0. The lowest BCUT2D eigenvalue weighted by Gasteiger charge is -2.38. The zero-order valence-corrected chi connectivity index (χ0v) is 14.8. The number of carbonyl (C=O) groups excluding carboxylic acids is 1. The first-order valence-electron chi connectivity index (χ1n) is 9.56. The Morgan fingerprint density at radius 3 is 2.72 bits per heavy atom. The standard InChI is InChI=1S/C20H27FN2O2/c1-13-11-23(12-19(25-13)14-6-8-16(21)9-7-14)20(24)18-10-15-4-2-3-5-17(15)22-18/h6-9,13,15,17-19,22H,2-5,10-12H2,1H3. The number of carbonyl (C=O) groups is 1. The number of amides is 1. The highest BCUT2D eigenvalue weighted by atomic mass is 19.1. The van der Waals surface area contributed by atoms with Crippen LogP contribution in [0.3, 0.4) is 0 Å². The first-order chi connectivity index (χ1) is 12.1. The van der Waals surface area contributed by atoms with Crippen LogP contribution in [0.4, 0.5) is 4.39 Å². The highest BCUT2D eigenvalue weighted by molar-refractivity contribution is 5.82. The van der Waals surface area contributed by atoms with E-state index in [1.165, 1.54) is 37.8 Å². The molecule has 2 heterocycles. The zero-order valence-electron chi connectivity index (χ0n) is 14.8. The Bertz CT molecular complexity index is 607. The quantitative estimate of drug-likeness (QED) is 0.895. The van der Waals surface area contributed by atoms with Gasteiger partial charge in [0.2, 0.25) is 5.91 Å². The van der Waals surface area contributed by atoms with E-state index in [1.807, 2.05) is 11.8 Å². The van der Waals surface area contributed by atoms with Gasteiger partial charge in [-0.25, -0.2) is 4.39 Å². The highest BCUT2D eigenvalue weighted by Crippen LogP contribution is 2.34. The number of nitrogens with one attached hydrogen (secondary N) is 1. The van der Waals surface area contributed by atoms with Crippen LogP contribution in [-0.4, -0.2) is 42.1 Å². The molecule has 136 valence electrons. The van der Waals surface area contributed by atoms with Gasteiger partial charge >= 0.3 is 0 Å². The summed E-state index contributed by atoms with van der Waals surface area (Å²) in [6.45, 7) is 3.17. The molecule has 2 saturated heterocycles. The average molecular weight is 346 g/mol. The first-order valence-corrected chi connectivity index (χ1v) is 9.56. The predicted molar refractivity (Wildman–Crippen MR) is 93.6 cm³/mol. The van der Waals surface area contributed by atoms with E-state index in [0.29, 0.717) is 25.0 Å². The molecule has 0 radical (unpaired) electrons. The molecule has 5 unspecified atom stereocenters. The van der Waals surface area contributed by atoms with Crippen molar-refractivity contribution in [3.05, 3.63) is 35.6 Å². The van der Waals surface area contributed by atoms with Crippen molar-refractivity contribution >= 4 is 5.91 Å². The maximum absolute atomic E-state index is 13.2. The number of fused-ring (bicyclic) bond motifs is 1. The van der Waals surface area contributed by atoms with Crippen molar-refractivity contribution in [2.45, 2.75) is 63.3 Å². The molecule has 1 aromatic rings. The summed E-state index contributed by atoms with van der Waals surface area (Å²) in [6.07, 6.45) is 5.79. The predicted octanol–water partition coefficient (Wildman–Crippen LogP) is 3.03. The van der Waals surface area contributed by atoms with Gasteiger partial charge in [0.25, 0.3) is 0 Å². The summed E-state index contributed by atoms with van der Waals surface area (Å²) in [5.74, 6) is 0.615. The molecule has 5 atom stereocenters. The third-order valence-corrected chi connectivity index (χ3v) is 5.97. The van der Waals surface area contributed by atoms with E-state index in [1.54, 1.807) is 12.1 Å². The summed E-state index contributed by atoms with van der Waals surface area (Å²) in [6, 6.07) is 6.88. The molecule has 3 aliphatic rings. The van der Waals surface area contributed by atoms with E-state index in [9.17, 15) is 9.18 Å². The Morgan fingerprint density at radius 1 is 1.20 bits per heavy atom. The Morgan fingerprint density at radius 2 is 1.96 bits per heavy atom. The van der Waals surface area contributed by atoms with Gasteiger partial charge in [0.15, 0.2) is 0 Å². The summed E-state index contributed by atoms with van der Waals surface area (Å²) in [7, 11) is 0. The molecule has 2 aliphatic heterocycles. The van der Waals surface area contributed by atoms with Gasteiger partial charge in [0.05, 0.1) is 18.7 Å². The van der Waals surface area contributed by atoms with Crippen LogP contribution in [0.5, 0.6) is 0 Å². The molecule has 0 spiro atoms. The van der Waals surface area contributed by atoms with Crippen molar-refractivity contribution in [3.63, 3.8) is 0 Å². The average Bonchev–Trinajstić information content (AvgIpc) is 3.05. The van der Waals surface area contributed by atoms with Crippen LogP contribution in [-0.2, 0) is 9.53 Å².